The van der Waals surface area contributed by atoms with Crippen LogP contribution in [0.25, 0.3) is 0 Å². The van der Waals surface area contributed by atoms with Gasteiger partial charge in [-0.15, -0.1) is 0 Å². The first-order valence-corrected chi connectivity index (χ1v) is 9.23. The average molecular weight is 691 g/mol. The van der Waals surface area contributed by atoms with Gasteiger partial charge in [0, 0.05) is 10.7 Å². The Hall–Kier alpha value is -0.710. The topological polar surface area (TPSA) is 66.4 Å². The molecule has 0 bridgehead atoms. The van der Waals surface area contributed by atoms with Gasteiger partial charge in [0.15, 0.2) is 17.4 Å². The standard InChI is InChI=1S/C14H3F4I3O4/c15-7-6(13(22)23)12(10(18)9(17)8(7)16)25-14(24)4-1-3(19)2-5(20)11(4)21/h1-2H,(H,22,23)/p-1. The first-order valence-electron chi connectivity index (χ1n) is 6.00. The minimum absolute atomic E-state index is 0.0919. The quantitative estimate of drug-likeness (QED) is 0.123. The van der Waals surface area contributed by atoms with E-state index in [2.05, 4.69) is 4.74 Å². The molecule has 11 heteroatoms. The van der Waals surface area contributed by atoms with Gasteiger partial charge in [0.25, 0.3) is 0 Å². The number of carboxylic acids is 1. The molecule has 132 valence electrons. The number of hydrogen-bond donors (Lipinski definition) is 0. The second-order valence-corrected chi connectivity index (χ2v) is 7.87. The lowest BCUT2D eigenvalue weighted by Crippen LogP contribution is -2.27. The van der Waals surface area contributed by atoms with Crippen LogP contribution in [-0.4, -0.2) is 11.9 Å². The van der Waals surface area contributed by atoms with Crippen molar-refractivity contribution in [2.45, 2.75) is 0 Å². The van der Waals surface area contributed by atoms with Gasteiger partial charge < -0.3 is 14.6 Å². The highest BCUT2D eigenvalue weighted by Crippen LogP contribution is 2.32. The summed E-state index contributed by atoms with van der Waals surface area (Å²) in [5.74, 6) is -14.3. The molecule has 0 unspecified atom stereocenters. The maximum atomic E-state index is 13.8. The van der Waals surface area contributed by atoms with Gasteiger partial charge in [-0.05, 0) is 79.9 Å². The van der Waals surface area contributed by atoms with E-state index in [9.17, 15) is 32.3 Å². The van der Waals surface area contributed by atoms with Crippen molar-refractivity contribution in [3.05, 3.63) is 57.2 Å². The lowest BCUT2D eigenvalue weighted by molar-refractivity contribution is -0.255. The lowest BCUT2D eigenvalue weighted by atomic mass is 10.1. The largest absolute Gasteiger partial charge is 0.545 e. The van der Waals surface area contributed by atoms with Crippen molar-refractivity contribution in [3.8, 4) is 5.75 Å². The van der Waals surface area contributed by atoms with Crippen LogP contribution in [-0.2, 0) is 0 Å². The summed E-state index contributed by atoms with van der Waals surface area (Å²) in [4.78, 5) is 23.2. The fourth-order valence-electron chi connectivity index (χ4n) is 1.74. The minimum atomic E-state index is -2.37. The van der Waals surface area contributed by atoms with Crippen molar-refractivity contribution in [2.75, 3.05) is 0 Å². The highest BCUT2D eigenvalue weighted by atomic mass is 127. The predicted octanol–water partition coefficient (Wildman–Crippen LogP) is 3.64. The van der Waals surface area contributed by atoms with Crippen LogP contribution >= 0.6 is 67.8 Å². The first-order chi connectivity index (χ1) is 11.6. The number of esters is 1. The molecule has 25 heavy (non-hydrogen) atoms. The number of carbonyl (C=O) groups is 2. The summed E-state index contributed by atoms with van der Waals surface area (Å²) in [5.41, 5.74) is -1.81. The van der Waals surface area contributed by atoms with Crippen LogP contribution in [0, 0.1) is 34.0 Å². The molecule has 2 aromatic rings. The number of hydrogen-bond acceptors (Lipinski definition) is 4. The molecule has 0 N–H and O–H groups in total. The normalized spacial score (nSPS) is 10.7. The molecule has 0 atom stereocenters. The van der Waals surface area contributed by atoms with Gasteiger partial charge >= 0.3 is 5.97 Å². The van der Waals surface area contributed by atoms with Crippen molar-refractivity contribution in [3.63, 3.8) is 0 Å². The molecular formula is C14H2F4I3O4-. The molecule has 4 nitrogen and oxygen atoms in total. The van der Waals surface area contributed by atoms with Crippen LogP contribution in [0.1, 0.15) is 20.7 Å². The summed E-state index contributed by atoms with van der Waals surface area (Å²) in [5, 5.41) is 10.9. The molecule has 0 saturated carbocycles. The van der Waals surface area contributed by atoms with Gasteiger partial charge in [0.1, 0.15) is 0 Å². The number of rotatable bonds is 3. The summed E-state index contributed by atoms with van der Waals surface area (Å²) in [6.45, 7) is 0. The van der Waals surface area contributed by atoms with Crippen LogP contribution in [0.5, 0.6) is 5.75 Å². The van der Waals surface area contributed by atoms with Gasteiger partial charge in [-0.25, -0.2) is 18.0 Å². The molecule has 0 aliphatic carbocycles. The highest BCUT2D eigenvalue weighted by molar-refractivity contribution is 14.1. The van der Waals surface area contributed by atoms with Gasteiger partial charge in [-0.2, -0.15) is 4.39 Å². The third-order valence-electron chi connectivity index (χ3n) is 2.84. The van der Waals surface area contributed by atoms with Crippen molar-refractivity contribution in [2.24, 2.45) is 0 Å². The van der Waals surface area contributed by atoms with E-state index in [1.165, 1.54) is 6.07 Å². The number of benzene rings is 2. The zero-order valence-electron chi connectivity index (χ0n) is 11.4. The molecular weight excluding hydrogens is 689 g/mol. The summed E-state index contributed by atoms with van der Waals surface area (Å²) in [6.07, 6.45) is 0. The van der Waals surface area contributed by atoms with Crippen LogP contribution in [0.3, 0.4) is 0 Å². The Balaban J connectivity index is 2.62. The molecule has 2 aromatic carbocycles. The maximum Gasteiger partial charge on any atom is 0.344 e. The van der Waals surface area contributed by atoms with Crippen LogP contribution < -0.4 is 9.84 Å². The summed E-state index contributed by atoms with van der Waals surface area (Å²) >= 11 is 5.59. The molecule has 0 aliphatic heterocycles. The molecule has 2 rings (SSSR count). The molecule has 0 aromatic heterocycles. The van der Waals surface area contributed by atoms with Crippen LogP contribution in [0.2, 0.25) is 0 Å². The average Bonchev–Trinajstić information content (AvgIpc) is 2.53. The Morgan fingerprint density at radius 2 is 1.48 bits per heavy atom. The Bertz CT molecular complexity index is 918. The fraction of sp³-hybridized carbons (Fsp3) is 0. The summed E-state index contributed by atoms with van der Waals surface area (Å²) in [7, 11) is 0. The lowest BCUT2D eigenvalue weighted by Gasteiger charge is -2.15. The van der Waals surface area contributed by atoms with E-state index in [-0.39, 0.29) is 5.56 Å². The van der Waals surface area contributed by atoms with Crippen LogP contribution in [0.15, 0.2) is 12.1 Å². The van der Waals surface area contributed by atoms with E-state index in [1.54, 1.807) is 28.7 Å². The van der Waals surface area contributed by atoms with Gasteiger partial charge in [-0.1, -0.05) is 0 Å². The van der Waals surface area contributed by atoms with Gasteiger partial charge in [-0.3, -0.25) is 0 Å². The Morgan fingerprint density at radius 3 is 2.04 bits per heavy atom. The number of carbonyl (C=O) groups excluding carboxylic acids is 2. The Morgan fingerprint density at radius 1 is 0.920 bits per heavy atom. The Labute approximate surface area is 178 Å². The molecule has 0 radical (unpaired) electrons. The molecule has 0 fully saturated rings. The maximum absolute atomic E-state index is 13.8. The zero-order chi connectivity index (χ0) is 19.0. The van der Waals surface area contributed by atoms with E-state index in [0.29, 0.717) is 10.7 Å². The number of aromatic carboxylic acids is 1. The third kappa shape index (κ3) is 4.01. The van der Waals surface area contributed by atoms with E-state index < -0.39 is 46.5 Å². The fourth-order valence-corrected chi connectivity index (χ4v) is 4.12. The van der Waals surface area contributed by atoms with Gasteiger partial charge in [0.05, 0.1) is 17.1 Å². The van der Waals surface area contributed by atoms with Crippen molar-refractivity contribution < 1.29 is 37.0 Å². The first kappa shape index (κ1) is 20.6. The van der Waals surface area contributed by atoms with Crippen molar-refractivity contribution in [1.29, 1.82) is 0 Å². The predicted molar refractivity (Wildman–Crippen MR) is 100 cm³/mol. The number of halogens is 7. The minimum Gasteiger partial charge on any atom is -0.545 e. The second kappa shape index (κ2) is 7.89. The van der Waals surface area contributed by atoms with Gasteiger partial charge in [0.2, 0.25) is 11.6 Å². The smallest absolute Gasteiger partial charge is 0.344 e. The van der Waals surface area contributed by atoms with Crippen molar-refractivity contribution in [1.82, 2.24) is 0 Å². The monoisotopic (exact) mass is 691 g/mol. The van der Waals surface area contributed by atoms with E-state index in [1.807, 2.05) is 45.2 Å². The zero-order valence-corrected chi connectivity index (χ0v) is 17.9. The van der Waals surface area contributed by atoms with Crippen molar-refractivity contribution >= 4 is 79.7 Å². The summed E-state index contributed by atoms with van der Waals surface area (Å²) in [6, 6.07) is 3.06. The number of ether oxygens (including phenoxy) is 1. The molecule has 0 aliphatic rings. The Kier molecular flexibility index (Phi) is 6.50. The second-order valence-electron chi connectivity index (χ2n) is 4.39. The molecule has 0 spiro atoms. The molecule has 0 saturated heterocycles. The van der Waals surface area contributed by atoms with Crippen LogP contribution in [0.4, 0.5) is 17.6 Å². The van der Waals surface area contributed by atoms with E-state index in [4.69, 9.17) is 0 Å². The number of carboxylic acid groups (broad SMARTS) is 1. The molecule has 0 amide bonds. The molecule has 0 heterocycles. The SMILES string of the molecule is O=C(Oc1c(F)c(F)c(F)c(F)c1C(=O)[O-])c1cc(I)cc(I)c1I. The highest BCUT2D eigenvalue weighted by Gasteiger charge is 2.29. The third-order valence-corrected chi connectivity index (χ3v) is 6.50. The van der Waals surface area contributed by atoms with E-state index >= 15 is 0 Å². The van der Waals surface area contributed by atoms with E-state index in [0.717, 1.165) is 0 Å². The summed E-state index contributed by atoms with van der Waals surface area (Å²) < 4.78 is 60.2.